The predicted molar refractivity (Wildman–Crippen MR) is 96.3 cm³/mol. The molecule has 0 saturated carbocycles. The van der Waals surface area contributed by atoms with Crippen molar-refractivity contribution in [1.29, 1.82) is 0 Å². The first-order valence-electron chi connectivity index (χ1n) is 7.93. The Labute approximate surface area is 141 Å². The summed E-state index contributed by atoms with van der Waals surface area (Å²) in [7, 11) is 1.67. The lowest BCUT2D eigenvalue weighted by atomic mass is 10.0. The van der Waals surface area contributed by atoms with E-state index in [1.165, 1.54) is 11.3 Å². The number of hydrogen-bond acceptors (Lipinski definition) is 4. The molecule has 124 valence electrons. The lowest BCUT2D eigenvalue weighted by molar-refractivity contribution is -0.120. The number of hydrogen-bond donors (Lipinski definition) is 1. The van der Waals surface area contributed by atoms with Crippen molar-refractivity contribution in [2.75, 3.05) is 12.4 Å². The highest BCUT2D eigenvalue weighted by Gasteiger charge is 2.17. The van der Waals surface area contributed by atoms with Crippen LogP contribution in [0.2, 0.25) is 0 Å². The molecule has 2 rings (SSSR count). The van der Waals surface area contributed by atoms with Gasteiger partial charge < -0.3 is 10.1 Å². The Hall–Kier alpha value is -1.88. The zero-order valence-corrected chi connectivity index (χ0v) is 15.2. The summed E-state index contributed by atoms with van der Waals surface area (Å²) in [4.78, 5) is 17.9. The molecule has 0 aliphatic carbocycles. The molecule has 1 amide bonds. The summed E-state index contributed by atoms with van der Waals surface area (Å²) in [6.45, 7) is 8.11. The number of nitrogens with zero attached hydrogens (tertiary/aromatic N) is 1. The first-order valence-corrected chi connectivity index (χ1v) is 8.75. The normalized spacial score (nSPS) is 10.9. The average Bonchev–Trinajstić information content (AvgIpc) is 2.88. The van der Waals surface area contributed by atoms with Crippen LogP contribution in [0.25, 0.3) is 11.3 Å². The molecule has 0 bridgehead atoms. The molecule has 0 aliphatic rings. The molecular weight excluding hydrogens is 308 g/mol. The maximum atomic E-state index is 12.2. The first-order chi connectivity index (χ1) is 11.0. The van der Waals surface area contributed by atoms with Gasteiger partial charge in [0, 0.05) is 16.4 Å². The zero-order valence-electron chi connectivity index (χ0n) is 14.4. The van der Waals surface area contributed by atoms with Crippen LogP contribution in [0, 0.1) is 19.8 Å². The van der Waals surface area contributed by atoms with Crippen molar-refractivity contribution in [3.63, 3.8) is 0 Å². The quantitative estimate of drug-likeness (QED) is 0.826. The number of methoxy groups -OCH3 is 1. The fraction of sp³-hybridized carbons (Fsp3) is 0.444. The Balaban J connectivity index is 2.24. The molecule has 1 N–H and O–H groups in total. The van der Waals surface area contributed by atoms with E-state index in [1.54, 1.807) is 7.11 Å². The average molecular weight is 332 g/mol. The van der Waals surface area contributed by atoms with E-state index in [-0.39, 0.29) is 11.8 Å². The van der Waals surface area contributed by atoms with Gasteiger partial charge in [0.2, 0.25) is 5.91 Å². The van der Waals surface area contributed by atoms with E-state index in [2.05, 4.69) is 16.4 Å². The van der Waals surface area contributed by atoms with Crippen LogP contribution < -0.4 is 10.1 Å². The number of benzene rings is 1. The lowest BCUT2D eigenvalue weighted by Crippen LogP contribution is -2.21. The molecule has 0 aliphatic heterocycles. The number of carbonyl (C=O) groups excluding carboxylic acids is 1. The summed E-state index contributed by atoms with van der Waals surface area (Å²) in [5.74, 6) is 0.969. The predicted octanol–water partition coefficient (Wildman–Crippen LogP) is 4.81. The third-order valence-corrected chi connectivity index (χ3v) is 4.94. The number of aromatic nitrogens is 1. The summed E-state index contributed by atoms with van der Waals surface area (Å²) < 4.78 is 5.30. The summed E-state index contributed by atoms with van der Waals surface area (Å²) in [5.41, 5.74) is 3.03. The third kappa shape index (κ3) is 3.91. The second-order valence-electron chi connectivity index (χ2n) is 5.61. The Bertz CT molecular complexity index is 690. The molecule has 0 radical (unpaired) electrons. The highest BCUT2D eigenvalue weighted by atomic mass is 32.1. The zero-order chi connectivity index (χ0) is 17.0. The SMILES string of the molecule is CCC(CC)C(=O)Nc1nc(-c2ccc(OC)c(C)c2)c(C)s1. The van der Waals surface area contributed by atoms with Crippen LogP contribution in [0.15, 0.2) is 18.2 Å². The number of thiazole rings is 1. The lowest BCUT2D eigenvalue weighted by Gasteiger charge is -2.10. The number of ether oxygens (including phenoxy) is 1. The Kier molecular flexibility index (Phi) is 5.77. The second-order valence-corrected chi connectivity index (χ2v) is 6.81. The third-order valence-electron chi connectivity index (χ3n) is 4.05. The van der Waals surface area contributed by atoms with E-state index < -0.39 is 0 Å². The minimum Gasteiger partial charge on any atom is -0.496 e. The summed E-state index contributed by atoms with van der Waals surface area (Å²) in [6.07, 6.45) is 1.69. The molecule has 1 heterocycles. The standard InChI is InChI=1S/C18H24N2O2S/c1-6-13(7-2)17(21)20-18-19-16(12(4)23-18)14-8-9-15(22-5)11(3)10-14/h8-10,13H,6-7H2,1-5H3,(H,19,20,21). The van der Waals surface area contributed by atoms with E-state index >= 15 is 0 Å². The molecule has 5 heteroatoms. The van der Waals surface area contributed by atoms with Crippen LogP contribution >= 0.6 is 11.3 Å². The molecule has 1 aromatic heterocycles. The Morgan fingerprint density at radius 1 is 1.30 bits per heavy atom. The molecule has 0 atom stereocenters. The van der Waals surface area contributed by atoms with Crippen LogP contribution in [0.5, 0.6) is 5.75 Å². The fourth-order valence-electron chi connectivity index (χ4n) is 2.61. The maximum absolute atomic E-state index is 12.2. The van der Waals surface area contributed by atoms with Gasteiger partial charge in [-0.1, -0.05) is 13.8 Å². The maximum Gasteiger partial charge on any atom is 0.229 e. The van der Waals surface area contributed by atoms with Gasteiger partial charge in [-0.05, 0) is 50.5 Å². The minimum atomic E-state index is 0.0471. The van der Waals surface area contributed by atoms with Crippen molar-refractivity contribution in [3.8, 4) is 17.0 Å². The molecule has 2 aromatic rings. The summed E-state index contributed by atoms with van der Waals surface area (Å²) >= 11 is 1.52. The van der Waals surface area contributed by atoms with Crippen LogP contribution in [-0.4, -0.2) is 18.0 Å². The van der Waals surface area contributed by atoms with E-state index in [1.807, 2.05) is 39.8 Å². The Morgan fingerprint density at radius 2 is 2.00 bits per heavy atom. The molecule has 0 fully saturated rings. The number of rotatable bonds is 6. The summed E-state index contributed by atoms with van der Waals surface area (Å²) in [5, 5.41) is 3.63. The van der Waals surface area contributed by atoms with E-state index in [4.69, 9.17) is 4.74 Å². The van der Waals surface area contributed by atoms with Gasteiger partial charge in [0.25, 0.3) is 0 Å². The molecule has 1 aromatic carbocycles. The number of anilines is 1. The van der Waals surface area contributed by atoms with Gasteiger partial charge >= 0.3 is 0 Å². The van der Waals surface area contributed by atoms with Crippen molar-refractivity contribution >= 4 is 22.4 Å². The van der Waals surface area contributed by atoms with E-state index in [9.17, 15) is 4.79 Å². The number of nitrogens with one attached hydrogen (secondary N) is 1. The molecule has 23 heavy (non-hydrogen) atoms. The molecule has 4 nitrogen and oxygen atoms in total. The van der Waals surface area contributed by atoms with Crippen LogP contribution in [0.1, 0.15) is 37.1 Å². The number of aryl methyl sites for hydroxylation is 2. The Morgan fingerprint density at radius 3 is 2.57 bits per heavy atom. The molecule has 0 spiro atoms. The second kappa shape index (κ2) is 7.59. The van der Waals surface area contributed by atoms with Crippen molar-refractivity contribution in [2.45, 2.75) is 40.5 Å². The topological polar surface area (TPSA) is 51.2 Å². The first kappa shape index (κ1) is 17.5. The van der Waals surface area contributed by atoms with E-state index in [0.29, 0.717) is 5.13 Å². The highest BCUT2D eigenvalue weighted by Crippen LogP contribution is 2.33. The largest absolute Gasteiger partial charge is 0.496 e. The van der Waals surface area contributed by atoms with Gasteiger partial charge in [-0.15, -0.1) is 11.3 Å². The van der Waals surface area contributed by atoms with Crippen molar-refractivity contribution < 1.29 is 9.53 Å². The van der Waals surface area contributed by atoms with Crippen molar-refractivity contribution in [2.24, 2.45) is 5.92 Å². The molecule has 0 saturated heterocycles. The highest BCUT2D eigenvalue weighted by molar-refractivity contribution is 7.16. The number of amides is 1. The minimum absolute atomic E-state index is 0.0471. The molecular formula is C18H24N2O2S. The molecule has 0 unspecified atom stereocenters. The van der Waals surface area contributed by atoms with Gasteiger partial charge in [0.15, 0.2) is 5.13 Å². The van der Waals surface area contributed by atoms with Gasteiger partial charge in [0.1, 0.15) is 5.75 Å². The van der Waals surface area contributed by atoms with Gasteiger partial charge in [-0.25, -0.2) is 4.98 Å². The summed E-state index contributed by atoms with van der Waals surface area (Å²) in [6, 6.07) is 6.01. The van der Waals surface area contributed by atoms with Crippen molar-refractivity contribution in [1.82, 2.24) is 4.98 Å². The van der Waals surface area contributed by atoms with Gasteiger partial charge in [-0.3, -0.25) is 4.79 Å². The monoisotopic (exact) mass is 332 g/mol. The smallest absolute Gasteiger partial charge is 0.229 e. The van der Waals surface area contributed by atoms with Gasteiger partial charge in [0.05, 0.1) is 12.8 Å². The fourth-order valence-corrected chi connectivity index (χ4v) is 3.45. The van der Waals surface area contributed by atoms with Crippen LogP contribution in [0.4, 0.5) is 5.13 Å². The van der Waals surface area contributed by atoms with Crippen LogP contribution in [0.3, 0.4) is 0 Å². The van der Waals surface area contributed by atoms with Crippen LogP contribution in [-0.2, 0) is 4.79 Å². The van der Waals surface area contributed by atoms with E-state index in [0.717, 1.165) is 40.3 Å². The number of carbonyl (C=O) groups is 1. The van der Waals surface area contributed by atoms with Crippen molar-refractivity contribution in [3.05, 3.63) is 28.6 Å². The van der Waals surface area contributed by atoms with Gasteiger partial charge in [-0.2, -0.15) is 0 Å².